The predicted octanol–water partition coefficient (Wildman–Crippen LogP) is 0.0354. The fourth-order valence-electron chi connectivity index (χ4n) is 0.774. The van der Waals surface area contributed by atoms with Crippen LogP contribution in [0.3, 0.4) is 0 Å². The summed E-state index contributed by atoms with van der Waals surface area (Å²) < 4.78 is 5.44. The summed E-state index contributed by atoms with van der Waals surface area (Å²) in [6.45, 7) is 1.18. The van der Waals surface area contributed by atoms with Crippen molar-refractivity contribution in [1.29, 1.82) is 0 Å². The third-order valence-electron chi connectivity index (χ3n) is 1.26. The van der Waals surface area contributed by atoms with Gasteiger partial charge in [0.2, 0.25) is 5.88 Å². The van der Waals surface area contributed by atoms with Crippen molar-refractivity contribution in [3.63, 3.8) is 0 Å². The van der Waals surface area contributed by atoms with E-state index in [1.807, 2.05) is 0 Å². The number of aromatic nitrogens is 1. The molecule has 70 valence electrons. The Balaban J connectivity index is 2.96. The molecule has 0 unspecified atom stereocenters. The van der Waals surface area contributed by atoms with Crippen molar-refractivity contribution in [1.82, 2.24) is 4.68 Å². The second-order valence-electron chi connectivity index (χ2n) is 2.29. The predicted molar refractivity (Wildman–Crippen MR) is 42.5 cm³/mol. The maximum Gasteiger partial charge on any atom is 0.309 e. The fraction of sp³-hybridized carbons (Fsp3) is 0.167. The summed E-state index contributed by atoms with van der Waals surface area (Å²) >= 11 is 0. The molecule has 7 nitrogen and oxygen atoms in total. The highest BCUT2D eigenvalue weighted by Gasteiger charge is 2.14. The van der Waals surface area contributed by atoms with E-state index >= 15 is 0 Å². The number of rotatable bonds is 2. The summed E-state index contributed by atoms with van der Waals surface area (Å²) in [4.78, 5) is 20.1. The number of ether oxygens (including phenoxy) is 1. The van der Waals surface area contributed by atoms with Gasteiger partial charge in [-0.05, 0) is 0 Å². The van der Waals surface area contributed by atoms with Crippen molar-refractivity contribution in [2.75, 3.05) is 5.84 Å². The summed E-state index contributed by atoms with van der Waals surface area (Å²) in [6, 6.07) is 1.07. The van der Waals surface area contributed by atoms with E-state index in [1.54, 1.807) is 0 Å². The number of nitrogens with two attached hydrogens (primary N) is 1. The average Bonchev–Trinajstić information content (AvgIpc) is 2.31. The smallest absolute Gasteiger partial charge is 0.309 e. The van der Waals surface area contributed by atoms with E-state index in [-0.39, 0.29) is 11.6 Å². The van der Waals surface area contributed by atoms with Crippen molar-refractivity contribution in [2.45, 2.75) is 6.92 Å². The summed E-state index contributed by atoms with van der Waals surface area (Å²) in [6.07, 6.45) is 1.05. The van der Waals surface area contributed by atoms with Gasteiger partial charge in [0.15, 0.2) is 0 Å². The molecule has 7 heteroatoms. The van der Waals surface area contributed by atoms with Crippen LogP contribution in [0.5, 0.6) is 5.88 Å². The van der Waals surface area contributed by atoms with Crippen LogP contribution in [0.1, 0.15) is 6.92 Å². The lowest BCUT2D eigenvalue weighted by molar-refractivity contribution is -0.384. The van der Waals surface area contributed by atoms with Gasteiger partial charge in [-0.25, -0.2) is 4.68 Å². The van der Waals surface area contributed by atoms with Gasteiger partial charge in [-0.1, -0.05) is 0 Å². The second kappa shape index (κ2) is 3.13. The van der Waals surface area contributed by atoms with Crippen molar-refractivity contribution in [3.05, 3.63) is 22.4 Å². The van der Waals surface area contributed by atoms with Gasteiger partial charge in [0.1, 0.15) is 6.20 Å². The van der Waals surface area contributed by atoms with Crippen molar-refractivity contribution in [2.24, 2.45) is 0 Å². The first-order valence-corrected chi connectivity index (χ1v) is 3.31. The van der Waals surface area contributed by atoms with Gasteiger partial charge >= 0.3 is 5.97 Å². The standard InChI is InChI=1S/C6H7N3O4/c1-4(10)13-6-2-5(9(11)12)3-8(6)7/h2-3H,7H2,1H3. The Morgan fingerprint density at radius 1 is 1.77 bits per heavy atom. The topological polar surface area (TPSA) is 100 Å². The van der Waals surface area contributed by atoms with Crippen LogP contribution >= 0.6 is 0 Å². The van der Waals surface area contributed by atoms with Crippen molar-refractivity contribution in [3.8, 4) is 5.88 Å². The molecule has 0 aliphatic rings. The Morgan fingerprint density at radius 2 is 2.38 bits per heavy atom. The molecule has 1 heterocycles. The number of nitrogens with zero attached hydrogens (tertiary/aromatic N) is 2. The van der Waals surface area contributed by atoms with Crippen LogP contribution in [0.4, 0.5) is 5.69 Å². The summed E-state index contributed by atoms with van der Waals surface area (Å²) in [7, 11) is 0. The summed E-state index contributed by atoms with van der Waals surface area (Å²) in [5.74, 6) is 4.62. The van der Waals surface area contributed by atoms with E-state index in [2.05, 4.69) is 4.74 Å². The molecular weight excluding hydrogens is 178 g/mol. The Bertz CT molecular complexity index is 357. The summed E-state index contributed by atoms with van der Waals surface area (Å²) in [5.41, 5.74) is -0.223. The third-order valence-corrected chi connectivity index (χ3v) is 1.26. The molecule has 0 spiro atoms. The first-order valence-electron chi connectivity index (χ1n) is 3.31. The molecule has 0 fully saturated rings. The molecule has 0 aliphatic heterocycles. The number of esters is 1. The zero-order chi connectivity index (χ0) is 10.0. The first-order chi connectivity index (χ1) is 6.00. The second-order valence-corrected chi connectivity index (χ2v) is 2.29. The van der Waals surface area contributed by atoms with E-state index in [9.17, 15) is 14.9 Å². The normalized spacial score (nSPS) is 9.62. The highest BCUT2D eigenvalue weighted by Crippen LogP contribution is 2.20. The number of hydrogen-bond acceptors (Lipinski definition) is 5. The van der Waals surface area contributed by atoms with Crippen LogP contribution in [-0.2, 0) is 4.79 Å². The highest BCUT2D eigenvalue weighted by atomic mass is 16.6. The van der Waals surface area contributed by atoms with Gasteiger partial charge in [0, 0.05) is 6.92 Å². The lowest BCUT2D eigenvalue weighted by atomic mass is 10.5. The molecule has 0 bridgehead atoms. The van der Waals surface area contributed by atoms with Gasteiger partial charge < -0.3 is 10.6 Å². The molecule has 0 atom stereocenters. The van der Waals surface area contributed by atoms with E-state index < -0.39 is 10.9 Å². The van der Waals surface area contributed by atoms with Gasteiger partial charge in [-0.15, -0.1) is 0 Å². The molecule has 1 aromatic rings. The Morgan fingerprint density at radius 3 is 2.77 bits per heavy atom. The van der Waals surface area contributed by atoms with E-state index in [4.69, 9.17) is 5.84 Å². The lowest BCUT2D eigenvalue weighted by Crippen LogP contribution is -2.12. The zero-order valence-corrected chi connectivity index (χ0v) is 6.76. The molecule has 0 amide bonds. The molecular formula is C6H7N3O4. The van der Waals surface area contributed by atoms with Gasteiger partial charge in [0.25, 0.3) is 5.69 Å². The van der Waals surface area contributed by atoms with Crippen molar-refractivity contribution < 1.29 is 14.5 Å². The van der Waals surface area contributed by atoms with E-state index in [0.29, 0.717) is 0 Å². The number of nitro groups is 1. The Kier molecular flexibility index (Phi) is 2.18. The van der Waals surface area contributed by atoms with E-state index in [0.717, 1.165) is 16.9 Å². The molecule has 0 aromatic carbocycles. The minimum atomic E-state index is -0.629. The molecule has 0 aliphatic carbocycles. The minimum Gasteiger partial charge on any atom is -0.407 e. The fourth-order valence-corrected chi connectivity index (χ4v) is 0.774. The maximum atomic E-state index is 10.5. The largest absolute Gasteiger partial charge is 0.407 e. The SMILES string of the molecule is CC(=O)Oc1cc([N+](=O)[O-])cn1N. The van der Waals surface area contributed by atoms with Gasteiger partial charge in [-0.3, -0.25) is 14.9 Å². The van der Waals surface area contributed by atoms with Crippen LogP contribution in [-0.4, -0.2) is 15.6 Å². The van der Waals surface area contributed by atoms with Gasteiger partial charge in [0.05, 0.1) is 11.0 Å². The monoisotopic (exact) mass is 185 g/mol. The zero-order valence-electron chi connectivity index (χ0n) is 6.76. The number of hydrogen-bond donors (Lipinski definition) is 1. The van der Waals surface area contributed by atoms with Crippen LogP contribution < -0.4 is 10.6 Å². The summed E-state index contributed by atoms with van der Waals surface area (Å²) in [5, 5.41) is 10.2. The molecule has 1 aromatic heterocycles. The van der Waals surface area contributed by atoms with Crippen LogP contribution in [0, 0.1) is 10.1 Å². The quantitative estimate of drug-likeness (QED) is 0.303. The van der Waals surface area contributed by atoms with Crippen LogP contribution in [0.15, 0.2) is 12.3 Å². The molecule has 0 radical (unpaired) electrons. The first kappa shape index (κ1) is 9.04. The Hall–Kier alpha value is -2.05. The minimum absolute atomic E-state index is 0.0563. The van der Waals surface area contributed by atoms with Crippen LogP contribution in [0.2, 0.25) is 0 Å². The molecule has 13 heavy (non-hydrogen) atoms. The number of nitrogen functional groups attached to an aromatic ring is 1. The maximum absolute atomic E-state index is 10.5. The lowest BCUT2D eigenvalue weighted by Gasteiger charge is -1.99. The molecule has 0 saturated heterocycles. The molecule has 0 saturated carbocycles. The van der Waals surface area contributed by atoms with Crippen LogP contribution in [0.25, 0.3) is 0 Å². The Labute approximate surface area is 72.8 Å². The number of carbonyl (C=O) groups is 1. The molecule has 2 N–H and O–H groups in total. The van der Waals surface area contributed by atoms with Crippen molar-refractivity contribution >= 4 is 11.7 Å². The highest BCUT2D eigenvalue weighted by molar-refractivity contribution is 5.69. The number of carbonyl (C=O) groups excluding carboxylic acids is 1. The van der Waals surface area contributed by atoms with E-state index in [1.165, 1.54) is 6.92 Å². The van der Waals surface area contributed by atoms with Gasteiger partial charge in [-0.2, -0.15) is 0 Å². The third kappa shape index (κ3) is 1.95. The average molecular weight is 185 g/mol. The molecule has 1 rings (SSSR count).